The van der Waals surface area contributed by atoms with Crippen LogP contribution in [0.5, 0.6) is 0 Å². The molecule has 0 aliphatic heterocycles. The van der Waals surface area contributed by atoms with E-state index in [1.165, 1.54) is 17.7 Å². The quantitative estimate of drug-likeness (QED) is 0.671. The molecule has 106 valence electrons. The standard InChI is InChI=1S/C17H28N2/c1-5-12-18-15(4)16-8-10-17(11-9-16)19(13-6-2)14-7-3/h6,8-11,15,18H,2,5,7,12-14H2,1,3-4H3. The summed E-state index contributed by atoms with van der Waals surface area (Å²) in [6.45, 7) is 13.5. The van der Waals surface area contributed by atoms with E-state index in [2.05, 4.69) is 61.8 Å². The van der Waals surface area contributed by atoms with Crippen LogP contribution in [0.4, 0.5) is 5.69 Å². The minimum atomic E-state index is 0.424. The van der Waals surface area contributed by atoms with Crippen LogP contribution >= 0.6 is 0 Å². The van der Waals surface area contributed by atoms with Crippen LogP contribution in [0.25, 0.3) is 0 Å². The van der Waals surface area contributed by atoms with E-state index in [9.17, 15) is 0 Å². The van der Waals surface area contributed by atoms with Gasteiger partial charge in [-0.2, -0.15) is 0 Å². The molecule has 0 aliphatic carbocycles. The normalized spacial score (nSPS) is 12.2. The summed E-state index contributed by atoms with van der Waals surface area (Å²) in [5.41, 5.74) is 2.64. The van der Waals surface area contributed by atoms with Crippen molar-refractivity contribution in [2.45, 2.75) is 39.7 Å². The third-order valence-electron chi connectivity index (χ3n) is 3.30. The lowest BCUT2D eigenvalue weighted by molar-refractivity contribution is 0.570. The third-order valence-corrected chi connectivity index (χ3v) is 3.30. The van der Waals surface area contributed by atoms with Gasteiger partial charge in [-0.3, -0.25) is 0 Å². The van der Waals surface area contributed by atoms with E-state index in [1.807, 2.05) is 6.08 Å². The van der Waals surface area contributed by atoms with Crippen LogP contribution in [0.15, 0.2) is 36.9 Å². The predicted molar refractivity (Wildman–Crippen MR) is 85.9 cm³/mol. The van der Waals surface area contributed by atoms with Crippen LogP contribution in [-0.2, 0) is 0 Å². The Balaban J connectivity index is 2.70. The van der Waals surface area contributed by atoms with Gasteiger partial charge in [-0.25, -0.2) is 0 Å². The molecule has 1 aromatic rings. The van der Waals surface area contributed by atoms with Crippen molar-refractivity contribution in [1.82, 2.24) is 5.32 Å². The summed E-state index contributed by atoms with van der Waals surface area (Å²) in [6, 6.07) is 9.33. The molecular formula is C17H28N2. The molecule has 0 radical (unpaired) electrons. The fraction of sp³-hybridized carbons (Fsp3) is 0.529. The fourth-order valence-corrected chi connectivity index (χ4v) is 2.20. The smallest absolute Gasteiger partial charge is 0.0369 e. The Morgan fingerprint density at radius 3 is 2.42 bits per heavy atom. The molecule has 0 bridgehead atoms. The van der Waals surface area contributed by atoms with Crippen LogP contribution < -0.4 is 10.2 Å². The van der Waals surface area contributed by atoms with Gasteiger partial charge in [0.2, 0.25) is 0 Å². The SMILES string of the molecule is C=CCN(CCC)c1ccc(C(C)NCCC)cc1. The molecule has 0 spiro atoms. The second-order valence-electron chi connectivity index (χ2n) is 5.00. The molecule has 1 aromatic carbocycles. The minimum absolute atomic E-state index is 0.424. The molecule has 1 N–H and O–H groups in total. The van der Waals surface area contributed by atoms with Crippen molar-refractivity contribution < 1.29 is 0 Å². The first-order valence-electron chi connectivity index (χ1n) is 7.42. The first kappa shape index (κ1) is 15.8. The summed E-state index contributed by atoms with van der Waals surface area (Å²) >= 11 is 0. The number of anilines is 1. The van der Waals surface area contributed by atoms with E-state index < -0.39 is 0 Å². The van der Waals surface area contributed by atoms with Crippen LogP contribution in [0.3, 0.4) is 0 Å². The summed E-state index contributed by atoms with van der Waals surface area (Å²) in [6.07, 6.45) is 4.30. The van der Waals surface area contributed by atoms with Crippen molar-refractivity contribution in [2.75, 3.05) is 24.5 Å². The molecule has 1 rings (SSSR count). The summed E-state index contributed by atoms with van der Waals surface area (Å²) in [7, 11) is 0. The molecule has 0 aliphatic rings. The molecule has 0 fully saturated rings. The van der Waals surface area contributed by atoms with E-state index >= 15 is 0 Å². The van der Waals surface area contributed by atoms with Crippen LogP contribution in [0.2, 0.25) is 0 Å². The Morgan fingerprint density at radius 2 is 1.89 bits per heavy atom. The topological polar surface area (TPSA) is 15.3 Å². The van der Waals surface area contributed by atoms with Gasteiger partial charge in [0.05, 0.1) is 0 Å². The number of hydrogen-bond acceptors (Lipinski definition) is 2. The van der Waals surface area contributed by atoms with E-state index in [4.69, 9.17) is 0 Å². The highest BCUT2D eigenvalue weighted by Gasteiger charge is 2.06. The van der Waals surface area contributed by atoms with Crippen molar-refractivity contribution in [3.63, 3.8) is 0 Å². The van der Waals surface area contributed by atoms with Gasteiger partial charge in [0.15, 0.2) is 0 Å². The van der Waals surface area contributed by atoms with Gasteiger partial charge >= 0.3 is 0 Å². The lowest BCUT2D eigenvalue weighted by Crippen LogP contribution is -2.24. The Kier molecular flexibility index (Phi) is 7.27. The first-order valence-corrected chi connectivity index (χ1v) is 7.42. The number of rotatable bonds is 9. The molecular weight excluding hydrogens is 232 g/mol. The Bertz CT molecular complexity index is 356. The zero-order valence-corrected chi connectivity index (χ0v) is 12.7. The van der Waals surface area contributed by atoms with Crippen LogP contribution in [0, 0.1) is 0 Å². The Labute approximate surface area is 118 Å². The van der Waals surface area contributed by atoms with Crippen molar-refractivity contribution in [2.24, 2.45) is 0 Å². The highest BCUT2D eigenvalue weighted by molar-refractivity contribution is 5.48. The van der Waals surface area contributed by atoms with E-state index in [-0.39, 0.29) is 0 Å². The molecule has 0 heterocycles. The predicted octanol–water partition coefficient (Wildman–Crippen LogP) is 4.15. The number of benzene rings is 1. The van der Waals surface area contributed by atoms with Crippen molar-refractivity contribution >= 4 is 5.69 Å². The second-order valence-corrected chi connectivity index (χ2v) is 5.00. The number of nitrogens with zero attached hydrogens (tertiary/aromatic N) is 1. The summed E-state index contributed by atoms with van der Waals surface area (Å²) < 4.78 is 0. The summed E-state index contributed by atoms with van der Waals surface area (Å²) in [4.78, 5) is 2.36. The van der Waals surface area contributed by atoms with Gasteiger partial charge in [-0.05, 0) is 44.0 Å². The molecule has 19 heavy (non-hydrogen) atoms. The molecule has 2 nitrogen and oxygen atoms in total. The van der Waals surface area contributed by atoms with Crippen molar-refractivity contribution in [3.05, 3.63) is 42.5 Å². The van der Waals surface area contributed by atoms with Gasteiger partial charge in [0, 0.05) is 24.8 Å². The zero-order chi connectivity index (χ0) is 14.1. The molecule has 1 unspecified atom stereocenters. The molecule has 2 heteroatoms. The Hall–Kier alpha value is -1.28. The Morgan fingerprint density at radius 1 is 1.21 bits per heavy atom. The van der Waals surface area contributed by atoms with Crippen LogP contribution in [-0.4, -0.2) is 19.6 Å². The molecule has 0 amide bonds. The van der Waals surface area contributed by atoms with Gasteiger partial charge in [0.25, 0.3) is 0 Å². The molecule has 0 saturated heterocycles. The van der Waals surface area contributed by atoms with Gasteiger partial charge in [-0.1, -0.05) is 32.1 Å². The monoisotopic (exact) mass is 260 g/mol. The number of hydrogen-bond donors (Lipinski definition) is 1. The highest BCUT2D eigenvalue weighted by atomic mass is 15.1. The van der Waals surface area contributed by atoms with E-state index in [1.54, 1.807) is 0 Å². The summed E-state index contributed by atoms with van der Waals surface area (Å²) in [5, 5.41) is 3.52. The lowest BCUT2D eigenvalue weighted by atomic mass is 10.1. The molecule has 1 atom stereocenters. The fourth-order valence-electron chi connectivity index (χ4n) is 2.20. The average molecular weight is 260 g/mol. The maximum absolute atomic E-state index is 3.84. The lowest BCUT2D eigenvalue weighted by Gasteiger charge is -2.23. The van der Waals surface area contributed by atoms with Gasteiger partial charge in [0.1, 0.15) is 0 Å². The van der Waals surface area contributed by atoms with E-state index in [0.29, 0.717) is 6.04 Å². The second kappa shape index (κ2) is 8.76. The molecule has 0 aromatic heterocycles. The number of nitrogens with one attached hydrogen (secondary N) is 1. The minimum Gasteiger partial charge on any atom is -0.368 e. The molecule has 0 saturated carbocycles. The maximum atomic E-state index is 3.84. The highest BCUT2D eigenvalue weighted by Crippen LogP contribution is 2.19. The van der Waals surface area contributed by atoms with Gasteiger partial charge in [-0.15, -0.1) is 6.58 Å². The summed E-state index contributed by atoms with van der Waals surface area (Å²) in [5.74, 6) is 0. The first-order chi connectivity index (χ1) is 9.22. The van der Waals surface area contributed by atoms with Crippen molar-refractivity contribution in [3.8, 4) is 0 Å². The van der Waals surface area contributed by atoms with E-state index in [0.717, 1.165) is 26.1 Å². The van der Waals surface area contributed by atoms with Crippen molar-refractivity contribution in [1.29, 1.82) is 0 Å². The average Bonchev–Trinajstić information content (AvgIpc) is 2.44. The van der Waals surface area contributed by atoms with Crippen LogP contribution in [0.1, 0.15) is 45.2 Å². The van der Waals surface area contributed by atoms with Gasteiger partial charge < -0.3 is 10.2 Å². The maximum Gasteiger partial charge on any atom is 0.0369 e. The largest absolute Gasteiger partial charge is 0.368 e. The zero-order valence-electron chi connectivity index (χ0n) is 12.7. The third kappa shape index (κ3) is 5.07.